The second-order valence-corrected chi connectivity index (χ2v) is 10.00. The Hall–Kier alpha value is -2.90. The zero-order valence-electron chi connectivity index (χ0n) is 19.8. The predicted octanol–water partition coefficient (Wildman–Crippen LogP) is 3.21. The molecule has 3 aromatic rings. The number of benzene rings is 1. The molecule has 6 rings (SSSR count). The maximum atomic E-state index is 14.1. The monoisotopic (exact) mass is 477 g/mol. The molecule has 0 bridgehead atoms. The van der Waals surface area contributed by atoms with Crippen LogP contribution in [0.2, 0.25) is 0 Å². The van der Waals surface area contributed by atoms with Crippen LogP contribution in [0.3, 0.4) is 0 Å². The van der Waals surface area contributed by atoms with Crippen LogP contribution in [0.4, 0.5) is 4.39 Å². The number of rotatable bonds is 3. The Morgan fingerprint density at radius 2 is 1.89 bits per heavy atom. The van der Waals surface area contributed by atoms with Crippen molar-refractivity contribution in [3.05, 3.63) is 54.0 Å². The van der Waals surface area contributed by atoms with Gasteiger partial charge in [-0.25, -0.2) is 19.3 Å². The summed E-state index contributed by atoms with van der Waals surface area (Å²) in [5.41, 5.74) is 8.66. The first kappa shape index (κ1) is 22.6. The highest BCUT2D eigenvalue weighted by atomic mass is 19.1. The second kappa shape index (κ2) is 8.35. The maximum Gasteiger partial charge on any atom is 0.167 e. The lowest BCUT2D eigenvalue weighted by Crippen LogP contribution is -2.33. The topological polar surface area (TPSA) is 97.3 Å². The fraction of sp³-hybridized carbons (Fsp3) is 0.500. The van der Waals surface area contributed by atoms with Crippen LogP contribution in [-0.4, -0.2) is 50.2 Å². The number of aromatic nitrogens is 4. The van der Waals surface area contributed by atoms with Crippen molar-refractivity contribution in [1.29, 1.82) is 0 Å². The van der Waals surface area contributed by atoms with Gasteiger partial charge in [0.1, 0.15) is 36.0 Å². The van der Waals surface area contributed by atoms with E-state index in [2.05, 4.69) is 21.8 Å². The molecule has 2 aromatic heterocycles. The third-order valence-electron chi connectivity index (χ3n) is 7.34. The minimum atomic E-state index is -0.806. The number of nitrogens with zero attached hydrogens (tertiary/aromatic N) is 4. The van der Waals surface area contributed by atoms with Crippen molar-refractivity contribution in [3.8, 4) is 11.8 Å². The molecule has 0 unspecified atom stereocenters. The van der Waals surface area contributed by atoms with E-state index in [1.165, 1.54) is 6.07 Å². The number of hydrogen-bond donors (Lipinski definition) is 1. The molecule has 1 saturated carbocycles. The molecule has 1 aromatic carbocycles. The second-order valence-electron chi connectivity index (χ2n) is 10.00. The van der Waals surface area contributed by atoms with Gasteiger partial charge in [-0.3, -0.25) is 4.57 Å². The Labute approximate surface area is 203 Å². The molecule has 4 atom stereocenters. The summed E-state index contributed by atoms with van der Waals surface area (Å²) >= 11 is 0. The smallest absolute Gasteiger partial charge is 0.167 e. The van der Waals surface area contributed by atoms with Gasteiger partial charge >= 0.3 is 0 Å². The van der Waals surface area contributed by atoms with Crippen molar-refractivity contribution in [3.63, 3.8) is 0 Å². The molecule has 182 valence electrons. The van der Waals surface area contributed by atoms with E-state index in [-0.39, 0.29) is 11.2 Å². The van der Waals surface area contributed by atoms with E-state index in [1.54, 1.807) is 30.9 Å². The summed E-state index contributed by atoms with van der Waals surface area (Å²) in [7, 11) is 0. The molecular weight excluding hydrogens is 449 g/mol. The van der Waals surface area contributed by atoms with E-state index in [0.29, 0.717) is 17.8 Å². The van der Waals surface area contributed by atoms with Crippen molar-refractivity contribution in [2.45, 2.75) is 75.3 Å². The summed E-state index contributed by atoms with van der Waals surface area (Å²) in [6, 6.07) is 6.41. The molecule has 2 N–H and O–H groups in total. The molecule has 9 heteroatoms. The van der Waals surface area contributed by atoms with Crippen molar-refractivity contribution in [2.75, 3.05) is 6.54 Å². The van der Waals surface area contributed by atoms with Gasteiger partial charge in [0.25, 0.3) is 0 Å². The Morgan fingerprint density at radius 1 is 1.11 bits per heavy atom. The van der Waals surface area contributed by atoms with Gasteiger partial charge in [-0.2, -0.15) is 0 Å². The van der Waals surface area contributed by atoms with Gasteiger partial charge in [0.05, 0.1) is 17.6 Å². The minimum absolute atomic E-state index is 0.178. The van der Waals surface area contributed by atoms with Gasteiger partial charge in [0.2, 0.25) is 0 Å². The molecule has 3 aliphatic rings. The van der Waals surface area contributed by atoms with Crippen LogP contribution in [0.15, 0.2) is 36.9 Å². The number of halogens is 1. The standard InChI is InChI=1S/C26H28FN5O3/c1-25(2)34-20-18(10-9-16-7-3-4-8-17(16)27)33-24(21(20)35-25)32-15-31-19-22(29-14-30-23(19)32)26(13-28)11-5-6-12-26/h3-4,7-8,14-15,18,20-21,24H,5-6,11-13,28H2,1-2H3/t18-,20-,21-,24-/m1/s1. The molecule has 3 fully saturated rings. The lowest BCUT2D eigenvalue weighted by atomic mass is 9.82. The van der Waals surface area contributed by atoms with Crippen LogP contribution in [0, 0.1) is 17.7 Å². The quantitative estimate of drug-likeness (QED) is 0.579. The fourth-order valence-electron chi connectivity index (χ4n) is 5.64. The molecule has 4 heterocycles. The Bertz CT molecular complexity index is 1320. The molecule has 0 amide bonds. The molecule has 0 radical (unpaired) electrons. The molecule has 35 heavy (non-hydrogen) atoms. The van der Waals surface area contributed by atoms with Crippen LogP contribution in [0.5, 0.6) is 0 Å². The summed E-state index contributed by atoms with van der Waals surface area (Å²) in [6.45, 7) is 4.25. The van der Waals surface area contributed by atoms with Crippen LogP contribution in [0.25, 0.3) is 11.2 Å². The highest BCUT2D eigenvalue weighted by molar-refractivity contribution is 5.74. The number of imidazole rings is 1. The first-order chi connectivity index (χ1) is 16.9. The molecule has 8 nitrogen and oxygen atoms in total. The summed E-state index contributed by atoms with van der Waals surface area (Å²) < 4.78 is 34.7. The van der Waals surface area contributed by atoms with Gasteiger partial charge in [-0.1, -0.05) is 36.8 Å². The van der Waals surface area contributed by atoms with E-state index in [9.17, 15) is 4.39 Å². The van der Waals surface area contributed by atoms with Gasteiger partial charge in [-0.15, -0.1) is 0 Å². The van der Waals surface area contributed by atoms with Gasteiger partial charge in [0.15, 0.2) is 17.7 Å². The normalized spacial score (nSPS) is 28.7. The van der Waals surface area contributed by atoms with Crippen LogP contribution in [-0.2, 0) is 19.6 Å². The average Bonchev–Trinajstić information content (AvgIpc) is 3.61. The van der Waals surface area contributed by atoms with E-state index in [1.807, 2.05) is 18.4 Å². The van der Waals surface area contributed by atoms with E-state index in [0.717, 1.165) is 36.9 Å². The van der Waals surface area contributed by atoms with Gasteiger partial charge in [0, 0.05) is 12.0 Å². The number of nitrogens with two attached hydrogens (primary N) is 1. The van der Waals surface area contributed by atoms with E-state index < -0.39 is 30.3 Å². The number of fused-ring (bicyclic) bond motifs is 2. The van der Waals surface area contributed by atoms with Crippen molar-refractivity contribution in [1.82, 2.24) is 19.5 Å². The van der Waals surface area contributed by atoms with Crippen LogP contribution < -0.4 is 5.73 Å². The number of ether oxygens (including phenoxy) is 3. The zero-order valence-corrected chi connectivity index (χ0v) is 19.8. The lowest BCUT2D eigenvalue weighted by molar-refractivity contribution is -0.190. The highest BCUT2D eigenvalue weighted by Crippen LogP contribution is 2.45. The first-order valence-corrected chi connectivity index (χ1v) is 12.1. The van der Waals surface area contributed by atoms with Crippen molar-refractivity contribution < 1.29 is 18.6 Å². The third kappa shape index (κ3) is 3.72. The zero-order chi connectivity index (χ0) is 24.2. The van der Waals surface area contributed by atoms with Crippen molar-refractivity contribution >= 4 is 11.2 Å². The lowest BCUT2D eigenvalue weighted by Gasteiger charge is -2.26. The summed E-state index contributed by atoms with van der Waals surface area (Å²) in [4.78, 5) is 13.9. The Balaban J connectivity index is 1.38. The largest absolute Gasteiger partial charge is 0.341 e. The summed E-state index contributed by atoms with van der Waals surface area (Å²) in [6.07, 6.45) is 5.46. The van der Waals surface area contributed by atoms with E-state index in [4.69, 9.17) is 24.9 Å². The molecule has 0 spiro atoms. The maximum absolute atomic E-state index is 14.1. The first-order valence-electron chi connectivity index (χ1n) is 12.1. The SMILES string of the molecule is CC1(C)O[C@@H]2[C@H](O1)[C@@H](C#Cc1ccccc1F)O[C@H]2n1cnc2c(C3(CN)CCCC3)ncnc21. The predicted molar refractivity (Wildman–Crippen MR) is 126 cm³/mol. The Morgan fingerprint density at radius 3 is 2.66 bits per heavy atom. The summed E-state index contributed by atoms with van der Waals surface area (Å²) in [5.74, 6) is 4.78. The van der Waals surface area contributed by atoms with Gasteiger partial charge < -0.3 is 19.9 Å². The number of hydrogen-bond acceptors (Lipinski definition) is 7. The molecule has 2 saturated heterocycles. The Kier molecular flexibility index (Phi) is 5.38. The molecule has 1 aliphatic carbocycles. The molecule has 2 aliphatic heterocycles. The minimum Gasteiger partial charge on any atom is -0.341 e. The van der Waals surface area contributed by atoms with E-state index >= 15 is 0 Å². The van der Waals surface area contributed by atoms with Gasteiger partial charge in [-0.05, 0) is 38.8 Å². The average molecular weight is 478 g/mol. The van der Waals surface area contributed by atoms with Crippen LogP contribution in [0.1, 0.15) is 57.0 Å². The highest BCUT2D eigenvalue weighted by Gasteiger charge is 2.56. The third-order valence-corrected chi connectivity index (χ3v) is 7.34. The summed E-state index contributed by atoms with van der Waals surface area (Å²) in [5, 5.41) is 0. The van der Waals surface area contributed by atoms with Crippen molar-refractivity contribution in [2.24, 2.45) is 5.73 Å². The fourth-order valence-corrected chi connectivity index (χ4v) is 5.64. The van der Waals surface area contributed by atoms with Crippen LogP contribution >= 0.6 is 0 Å². The molecular formula is C26H28FN5O3.